The number of aryl methyl sites for hydroxylation is 1. The fourth-order valence-electron chi connectivity index (χ4n) is 3.32. The lowest BCUT2D eigenvalue weighted by Gasteiger charge is -2.33. The van der Waals surface area contributed by atoms with Crippen molar-refractivity contribution in [2.24, 2.45) is 5.92 Å². The molecule has 0 saturated carbocycles. The second kappa shape index (κ2) is 8.16. The molecule has 2 aromatic rings. The molecule has 3 heterocycles. The Morgan fingerprint density at radius 1 is 1.34 bits per heavy atom. The van der Waals surface area contributed by atoms with Gasteiger partial charge in [0.1, 0.15) is 11.5 Å². The second-order valence-corrected chi connectivity index (χ2v) is 10.1. The van der Waals surface area contributed by atoms with Crippen LogP contribution in [0.3, 0.4) is 0 Å². The van der Waals surface area contributed by atoms with Crippen LogP contribution in [0.15, 0.2) is 32.2 Å². The molecule has 158 valence electrons. The number of aromatic nitrogens is 1. The third kappa shape index (κ3) is 4.97. The number of carbonyl (C=O) groups excluding carboxylic acids is 1. The smallest absolute Gasteiger partial charge is 0.248 e. The van der Waals surface area contributed by atoms with Crippen LogP contribution >= 0.6 is 0 Å². The number of rotatable bonds is 5. The van der Waals surface area contributed by atoms with Gasteiger partial charge in [0.05, 0.1) is 12.2 Å². The maximum atomic E-state index is 13.3. The zero-order valence-corrected chi connectivity index (χ0v) is 18.0. The second-order valence-electron chi connectivity index (χ2n) is 8.25. The molecule has 1 unspecified atom stereocenters. The number of carbonyl (C=O) groups is 1. The van der Waals surface area contributed by atoms with Crippen LogP contribution in [0.25, 0.3) is 12.2 Å². The summed E-state index contributed by atoms with van der Waals surface area (Å²) in [7, 11) is -3.87. The molecule has 1 atom stereocenters. The minimum absolute atomic E-state index is 0.0252. The molecule has 9 heteroatoms. The normalized spacial score (nSPS) is 19.0. The first kappa shape index (κ1) is 21.3. The minimum Gasteiger partial charge on any atom is -0.465 e. The quantitative estimate of drug-likeness (QED) is 0.795. The average Bonchev–Trinajstić information content (AvgIpc) is 3.28. The summed E-state index contributed by atoms with van der Waals surface area (Å²) < 4.78 is 38.5. The Morgan fingerprint density at radius 2 is 2.10 bits per heavy atom. The van der Waals surface area contributed by atoms with E-state index in [0.717, 1.165) is 0 Å². The average molecular weight is 422 g/mol. The Labute approximate surface area is 171 Å². The van der Waals surface area contributed by atoms with E-state index in [9.17, 15) is 13.2 Å². The third-order valence-corrected chi connectivity index (χ3v) is 6.65. The Bertz CT molecular complexity index is 984. The van der Waals surface area contributed by atoms with Gasteiger partial charge in [-0.2, -0.15) is 4.31 Å². The van der Waals surface area contributed by atoms with Gasteiger partial charge in [0.25, 0.3) is 0 Å². The van der Waals surface area contributed by atoms with Crippen molar-refractivity contribution in [1.82, 2.24) is 14.8 Å². The molecule has 1 fully saturated rings. The Kier molecular flexibility index (Phi) is 6.00. The molecular weight excluding hydrogens is 394 g/mol. The zero-order valence-electron chi connectivity index (χ0n) is 17.1. The van der Waals surface area contributed by atoms with Crippen LogP contribution in [0, 0.1) is 12.8 Å². The van der Waals surface area contributed by atoms with Gasteiger partial charge in [-0.3, -0.25) is 4.79 Å². The van der Waals surface area contributed by atoms with E-state index in [1.807, 2.05) is 20.8 Å². The van der Waals surface area contributed by atoms with Crippen molar-refractivity contribution < 1.29 is 22.2 Å². The molecule has 1 amide bonds. The number of piperidine rings is 1. The van der Waals surface area contributed by atoms with Gasteiger partial charge in [-0.1, -0.05) is 5.16 Å². The summed E-state index contributed by atoms with van der Waals surface area (Å²) in [5.41, 5.74) is -0.0852. The maximum Gasteiger partial charge on any atom is 0.248 e. The van der Waals surface area contributed by atoms with E-state index in [-0.39, 0.29) is 40.3 Å². The highest BCUT2D eigenvalue weighted by molar-refractivity contribution is 7.89. The van der Waals surface area contributed by atoms with Gasteiger partial charge in [-0.15, -0.1) is 0 Å². The van der Waals surface area contributed by atoms with E-state index in [2.05, 4.69) is 10.5 Å². The van der Waals surface area contributed by atoms with E-state index < -0.39 is 10.0 Å². The number of amides is 1. The predicted molar refractivity (Wildman–Crippen MR) is 108 cm³/mol. The largest absolute Gasteiger partial charge is 0.465 e. The molecule has 1 saturated heterocycles. The number of nitrogens with zero attached hydrogens (tertiary/aromatic N) is 2. The summed E-state index contributed by atoms with van der Waals surface area (Å²) in [6.45, 7) is 7.79. The SMILES string of the molecule is Cc1noc(/C=C/c2ccco2)c1S(=O)(=O)N1CCCC(C(=O)NC(C)(C)C)C1. The number of furan rings is 1. The Morgan fingerprint density at radius 3 is 2.76 bits per heavy atom. The number of hydrogen-bond acceptors (Lipinski definition) is 6. The van der Waals surface area contributed by atoms with Crippen molar-refractivity contribution in [3.05, 3.63) is 35.6 Å². The van der Waals surface area contributed by atoms with Crippen molar-refractivity contribution in [2.45, 2.75) is 51.0 Å². The summed E-state index contributed by atoms with van der Waals surface area (Å²) >= 11 is 0. The third-order valence-electron chi connectivity index (χ3n) is 4.63. The molecular formula is C20H27N3O5S. The van der Waals surface area contributed by atoms with Gasteiger partial charge in [-0.25, -0.2) is 8.42 Å². The summed E-state index contributed by atoms with van der Waals surface area (Å²) in [4.78, 5) is 12.6. The maximum absolute atomic E-state index is 13.3. The van der Waals surface area contributed by atoms with E-state index in [1.165, 1.54) is 16.6 Å². The molecule has 0 spiro atoms. The minimum atomic E-state index is -3.87. The molecule has 8 nitrogen and oxygen atoms in total. The number of sulfonamides is 1. The molecule has 2 aromatic heterocycles. The molecule has 1 aliphatic rings. The molecule has 29 heavy (non-hydrogen) atoms. The van der Waals surface area contributed by atoms with Crippen molar-refractivity contribution in [3.8, 4) is 0 Å². The van der Waals surface area contributed by atoms with E-state index in [1.54, 1.807) is 25.1 Å². The summed E-state index contributed by atoms with van der Waals surface area (Å²) in [6, 6.07) is 3.48. The molecule has 0 bridgehead atoms. The molecule has 0 radical (unpaired) electrons. The van der Waals surface area contributed by atoms with E-state index in [4.69, 9.17) is 8.94 Å². The topological polar surface area (TPSA) is 106 Å². The fraction of sp³-hybridized carbons (Fsp3) is 0.500. The zero-order chi connectivity index (χ0) is 21.2. The summed E-state index contributed by atoms with van der Waals surface area (Å²) in [6.07, 6.45) is 5.94. The molecule has 1 N–H and O–H groups in total. The van der Waals surface area contributed by atoms with Gasteiger partial charge in [0, 0.05) is 18.6 Å². The highest BCUT2D eigenvalue weighted by Gasteiger charge is 2.37. The lowest BCUT2D eigenvalue weighted by Crippen LogP contribution is -2.49. The van der Waals surface area contributed by atoms with Crippen LogP contribution < -0.4 is 5.32 Å². The summed E-state index contributed by atoms with van der Waals surface area (Å²) in [5.74, 6) is 0.192. The first-order valence-electron chi connectivity index (χ1n) is 9.58. The van der Waals surface area contributed by atoms with Gasteiger partial charge >= 0.3 is 0 Å². The number of hydrogen-bond donors (Lipinski definition) is 1. The first-order valence-corrected chi connectivity index (χ1v) is 11.0. The van der Waals surface area contributed by atoms with Crippen LogP contribution in [-0.4, -0.2) is 42.4 Å². The van der Waals surface area contributed by atoms with Crippen molar-refractivity contribution in [2.75, 3.05) is 13.1 Å². The molecule has 1 aliphatic heterocycles. The Hall–Kier alpha value is -2.39. The van der Waals surface area contributed by atoms with E-state index >= 15 is 0 Å². The van der Waals surface area contributed by atoms with Crippen LogP contribution in [0.4, 0.5) is 0 Å². The van der Waals surface area contributed by atoms with Crippen molar-refractivity contribution in [1.29, 1.82) is 0 Å². The highest BCUT2D eigenvalue weighted by atomic mass is 32.2. The molecule has 0 aromatic carbocycles. The monoisotopic (exact) mass is 421 g/mol. The fourth-order valence-corrected chi connectivity index (χ4v) is 5.09. The van der Waals surface area contributed by atoms with Crippen molar-refractivity contribution in [3.63, 3.8) is 0 Å². The first-order chi connectivity index (χ1) is 13.6. The van der Waals surface area contributed by atoms with Crippen LogP contribution in [-0.2, 0) is 14.8 Å². The molecule has 0 aliphatic carbocycles. The standard InChI is InChI=1S/C20H27N3O5S/c1-14-18(17(28-22-14)10-9-16-8-6-12-27-16)29(25,26)23-11-5-7-15(13-23)19(24)21-20(2,3)4/h6,8-10,12,15H,5,7,11,13H2,1-4H3,(H,21,24)/b10-9+. The van der Waals surface area contributed by atoms with Gasteiger partial charge in [0.15, 0.2) is 10.7 Å². The lowest BCUT2D eigenvalue weighted by molar-refractivity contribution is -0.127. The summed E-state index contributed by atoms with van der Waals surface area (Å²) in [5, 5.41) is 6.78. The van der Waals surface area contributed by atoms with Crippen LogP contribution in [0.1, 0.15) is 50.8 Å². The van der Waals surface area contributed by atoms with E-state index in [0.29, 0.717) is 25.1 Å². The van der Waals surface area contributed by atoms with Gasteiger partial charge in [-0.05, 0) is 64.8 Å². The van der Waals surface area contributed by atoms with Gasteiger partial charge in [0.2, 0.25) is 15.9 Å². The highest BCUT2D eigenvalue weighted by Crippen LogP contribution is 2.29. The predicted octanol–water partition coefficient (Wildman–Crippen LogP) is 3.06. The van der Waals surface area contributed by atoms with Crippen LogP contribution in [0.5, 0.6) is 0 Å². The van der Waals surface area contributed by atoms with Crippen molar-refractivity contribution >= 4 is 28.1 Å². The van der Waals surface area contributed by atoms with Crippen LogP contribution in [0.2, 0.25) is 0 Å². The lowest BCUT2D eigenvalue weighted by atomic mass is 9.97. The number of nitrogens with one attached hydrogen (secondary N) is 1. The molecule has 3 rings (SSSR count). The Balaban J connectivity index is 1.83. The van der Waals surface area contributed by atoms with Gasteiger partial charge < -0.3 is 14.3 Å².